The van der Waals surface area contributed by atoms with Crippen LogP contribution in [0.25, 0.3) is 11.1 Å². The van der Waals surface area contributed by atoms with E-state index in [0.29, 0.717) is 12.3 Å². The van der Waals surface area contributed by atoms with Gasteiger partial charge in [-0.15, -0.1) is 0 Å². The van der Waals surface area contributed by atoms with Gasteiger partial charge >= 0.3 is 5.97 Å². The van der Waals surface area contributed by atoms with Gasteiger partial charge < -0.3 is 4.74 Å². The number of ether oxygens (including phenoxy) is 1. The predicted octanol–water partition coefficient (Wildman–Crippen LogP) is 3.62. The van der Waals surface area contributed by atoms with Crippen LogP contribution in [0.4, 0.5) is 0 Å². The SMILES string of the molecule is CCOC(=O)c1ccc(-c2ccccc2)c(C(C)C(C)=O)n1. The van der Waals surface area contributed by atoms with E-state index in [9.17, 15) is 9.59 Å². The van der Waals surface area contributed by atoms with E-state index in [1.54, 1.807) is 19.9 Å². The average Bonchev–Trinajstić information content (AvgIpc) is 2.54. The summed E-state index contributed by atoms with van der Waals surface area (Å²) in [5.41, 5.74) is 2.65. The van der Waals surface area contributed by atoms with E-state index in [-0.39, 0.29) is 17.4 Å². The topological polar surface area (TPSA) is 56.3 Å². The first-order valence-electron chi connectivity index (χ1n) is 7.28. The molecule has 0 aliphatic carbocycles. The van der Waals surface area contributed by atoms with Crippen molar-refractivity contribution in [3.8, 4) is 11.1 Å². The summed E-state index contributed by atoms with van der Waals surface area (Å²) in [6.07, 6.45) is 0. The third-order valence-electron chi connectivity index (χ3n) is 3.51. The first kappa shape index (κ1) is 15.9. The molecule has 2 aromatic rings. The molecule has 4 nitrogen and oxygen atoms in total. The van der Waals surface area contributed by atoms with Gasteiger partial charge in [-0.1, -0.05) is 36.4 Å². The Morgan fingerprint density at radius 3 is 2.41 bits per heavy atom. The van der Waals surface area contributed by atoms with Gasteiger partial charge in [-0.25, -0.2) is 9.78 Å². The number of hydrogen-bond acceptors (Lipinski definition) is 4. The van der Waals surface area contributed by atoms with Gasteiger partial charge in [0.1, 0.15) is 11.5 Å². The lowest BCUT2D eigenvalue weighted by atomic mass is 9.94. The van der Waals surface area contributed by atoms with Crippen molar-refractivity contribution in [1.82, 2.24) is 4.98 Å². The Morgan fingerprint density at radius 2 is 1.82 bits per heavy atom. The zero-order valence-corrected chi connectivity index (χ0v) is 13.0. The first-order valence-corrected chi connectivity index (χ1v) is 7.28. The maximum absolute atomic E-state index is 11.9. The van der Waals surface area contributed by atoms with Crippen LogP contribution in [0.3, 0.4) is 0 Å². The molecule has 1 atom stereocenters. The fourth-order valence-corrected chi connectivity index (χ4v) is 2.18. The Bertz CT molecular complexity index is 680. The van der Waals surface area contributed by atoms with Crippen molar-refractivity contribution in [2.75, 3.05) is 6.61 Å². The standard InChI is InChI=1S/C18H19NO3/c1-4-22-18(21)16-11-10-15(14-8-6-5-7-9-14)17(19-16)12(2)13(3)20/h5-12H,4H2,1-3H3. The maximum Gasteiger partial charge on any atom is 0.356 e. The molecule has 1 heterocycles. The summed E-state index contributed by atoms with van der Waals surface area (Å²) in [4.78, 5) is 28.0. The van der Waals surface area contributed by atoms with Crippen LogP contribution in [0.2, 0.25) is 0 Å². The lowest BCUT2D eigenvalue weighted by Gasteiger charge is -2.14. The van der Waals surface area contributed by atoms with E-state index in [1.165, 1.54) is 6.92 Å². The Kier molecular flexibility index (Phi) is 5.04. The lowest BCUT2D eigenvalue weighted by molar-refractivity contribution is -0.118. The van der Waals surface area contributed by atoms with Crippen LogP contribution in [-0.4, -0.2) is 23.3 Å². The molecule has 0 bridgehead atoms. The van der Waals surface area contributed by atoms with Crippen LogP contribution < -0.4 is 0 Å². The summed E-state index contributed by atoms with van der Waals surface area (Å²) in [7, 11) is 0. The zero-order chi connectivity index (χ0) is 16.1. The Morgan fingerprint density at radius 1 is 1.14 bits per heavy atom. The number of ketones is 1. The molecule has 22 heavy (non-hydrogen) atoms. The van der Waals surface area contributed by atoms with Crippen molar-refractivity contribution >= 4 is 11.8 Å². The van der Waals surface area contributed by atoms with E-state index in [1.807, 2.05) is 36.4 Å². The number of carbonyl (C=O) groups excluding carboxylic acids is 2. The van der Waals surface area contributed by atoms with E-state index in [4.69, 9.17) is 4.74 Å². The molecule has 1 aromatic heterocycles. The third-order valence-corrected chi connectivity index (χ3v) is 3.51. The van der Waals surface area contributed by atoms with Crippen LogP contribution in [0.5, 0.6) is 0 Å². The molecule has 4 heteroatoms. The van der Waals surface area contributed by atoms with Crippen LogP contribution >= 0.6 is 0 Å². The molecule has 0 amide bonds. The fraction of sp³-hybridized carbons (Fsp3) is 0.278. The third kappa shape index (κ3) is 3.39. The van der Waals surface area contributed by atoms with E-state index in [2.05, 4.69) is 4.98 Å². The number of nitrogens with zero attached hydrogens (tertiary/aromatic N) is 1. The average molecular weight is 297 g/mol. The van der Waals surface area contributed by atoms with Crippen molar-refractivity contribution in [2.45, 2.75) is 26.7 Å². The number of Topliss-reactive ketones (excluding diaryl/α,β-unsaturated/α-hetero) is 1. The lowest BCUT2D eigenvalue weighted by Crippen LogP contribution is -2.13. The van der Waals surface area contributed by atoms with Gasteiger partial charge in [-0.2, -0.15) is 0 Å². The minimum absolute atomic E-state index is 0.00527. The number of aromatic nitrogens is 1. The molecule has 0 fully saturated rings. The molecular weight excluding hydrogens is 278 g/mol. The number of rotatable bonds is 5. The molecule has 1 aromatic carbocycles. The number of carbonyl (C=O) groups is 2. The van der Waals surface area contributed by atoms with Crippen molar-refractivity contribution in [3.05, 3.63) is 53.9 Å². The second-order valence-corrected chi connectivity index (χ2v) is 5.05. The summed E-state index contributed by atoms with van der Waals surface area (Å²) >= 11 is 0. The van der Waals surface area contributed by atoms with Crippen molar-refractivity contribution in [1.29, 1.82) is 0 Å². The highest BCUT2D eigenvalue weighted by molar-refractivity contribution is 5.90. The minimum Gasteiger partial charge on any atom is -0.461 e. The second kappa shape index (κ2) is 6.98. The van der Waals surface area contributed by atoms with Crippen LogP contribution in [0, 0.1) is 0 Å². The van der Waals surface area contributed by atoms with Crippen LogP contribution in [0.15, 0.2) is 42.5 Å². The summed E-state index contributed by atoms with van der Waals surface area (Å²) in [6, 6.07) is 13.2. The van der Waals surface area contributed by atoms with Crippen LogP contribution in [-0.2, 0) is 9.53 Å². The van der Waals surface area contributed by atoms with E-state index < -0.39 is 5.97 Å². The van der Waals surface area contributed by atoms with E-state index in [0.717, 1.165) is 11.1 Å². The largest absolute Gasteiger partial charge is 0.461 e. The smallest absolute Gasteiger partial charge is 0.356 e. The van der Waals surface area contributed by atoms with Gasteiger partial charge in [-0.3, -0.25) is 4.79 Å². The molecule has 0 saturated carbocycles. The normalized spacial score (nSPS) is 11.8. The Labute approximate surface area is 130 Å². The summed E-state index contributed by atoms with van der Waals surface area (Å²) in [5.74, 6) is -0.852. The van der Waals surface area contributed by atoms with Crippen LogP contribution in [0.1, 0.15) is 42.9 Å². The first-order chi connectivity index (χ1) is 10.5. The molecule has 2 rings (SSSR count). The zero-order valence-electron chi connectivity index (χ0n) is 13.0. The molecule has 0 saturated heterocycles. The Balaban J connectivity index is 2.54. The molecule has 114 valence electrons. The molecule has 0 aliphatic heterocycles. The highest BCUT2D eigenvalue weighted by Gasteiger charge is 2.20. The second-order valence-electron chi connectivity index (χ2n) is 5.05. The minimum atomic E-state index is -0.473. The molecular formula is C18H19NO3. The number of benzene rings is 1. The van der Waals surface area contributed by atoms with Gasteiger partial charge in [0.05, 0.1) is 18.2 Å². The van der Waals surface area contributed by atoms with Crippen molar-refractivity contribution in [3.63, 3.8) is 0 Å². The van der Waals surface area contributed by atoms with Gasteiger partial charge in [0, 0.05) is 5.56 Å². The molecule has 0 radical (unpaired) electrons. The highest BCUT2D eigenvalue weighted by atomic mass is 16.5. The monoisotopic (exact) mass is 297 g/mol. The van der Waals surface area contributed by atoms with Crippen molar-refractivity contribution in [2.24, 2.45) is 0 Å². The summed E-state index contributed by atoms with van der Waals surface area (Å²) in [6.45, 7) is 5.36. The summed E-state index contributed by atoms with van der Waals surface area (Å²) in [5, 5.41) is 0. The molecule has 0 spiro atoms. The molecule has 0 aliphatic rings. The molecule has 0 N–H and O–H groups in total. The predicted molar refractivity (Wildman–Crippen MR) is 84.7 cm³/mol. The fourth-order valence-electron chi connectivity index (χ4n) is 2.18. The summed E-state index contributed by atoms with van der Waals surface area (Å²) < 4.78 is 4.98. The van der Waals surface area contributed by atoms with Crippen molar-refractivity contribution < 1.29 is 14.3 Å². The van der Waals surface area contributed by atoms with Gasteiger partial charge in [0.15, 0.2) is 0 Å². The highest BCUT2D eigenvalue weighted by Crippen LogP contribution is 2.28. The number of pyridine rings is 1. The van der Waals surface area contributed by atoms with E-state index >= 15 is 0 Å². The maximum atomic E-state index is 11.9. The van der Waals surface area contributed by atoms with Gasteiger partial charge in [0.2, 0.25) is 0 Å². The Hall–Kier alpha value is -2.49. The van der Waals surface area contributed by atoms with Gasteiger partial charge in [0.25, 0.3) is 0 Å². The van der Waals surface area contributed by atoms with Gasteiger partial charge in [-0.05, 0) is 32.4 Å². The number of hydrogen-bond donors (Lipinski definition) is 0. The number of esters is 1. The quantitative estimate of drug-likeness (QED) is 0.791. The molecule has 1 unspecified atom stereocenters.